The number of hydrogen-bond donors (Lipinski definition) is 0. The molecule has 0 saturated carbocycles. The van der Waals surface area contributed by atoms with Crippen LogP contribution >= 0.6 is 0 Å². The predicted octanol–water partition coefficient (Wildman–Crippen LogP) is 10.1. The minimum Gasteiger partial charge on any atom is -0.744 e. The summed E-state index contributed by atoms with van der Waals surface area (Å²) in [6.45, 7) is 4.46. The van der Waals surface area contributed by atoms with E-state index in [0.717, 1.165) is 25.7 Å². The third-order valence-corrected chi connectivity index (χ3v) is 9.96. The van der Waals surface area contributed by atoms with E-state index in [1.54, 1.807) is 36.4 Å². The molecule has 0 aliphatic carbocycles. The Bertz CT molecular complexity index is 1120. The minimum atomic E-state index is -4.35. The van der Waals surface area contributed by atoms with Crippen LogP contribution in [0.25, 0.3) is 0 Å². The first kappa shape index (κ1) is 43.8. The van der Waals surface area contributed by atoms with Crippen molar-refractivity contribution in [1.29, 1.82) is 0 Å². The zero-order chi connectivity index (χ0) is 32.5. The fourth-order valence-electron chi connectivity index (χ4n) is 5.51. The molecule has 0 aliphatic rings. The molecular formula is C36H58CoO6S2. The fourth-order valence-corrected chi connectivity index (χ4v) is 6.99. The summed E-state index contributed by atoms with van der Waals surface area (Å²) in [6.07, 6.45) is 26.3. The minimum absolute atomic E-state index is 0. The second-order valence-corrected chi connectivity index (χ2v) is 14.7. The number of benzene rings is 2. The summed E-state index contributed by atoms with van der Waals surface area (Å²) in [6, 6.07) is 13.1. The molecule has 6 nitrogen and oxygen atoms in total. The topological polar surface area (TPSA) is 114 Å². The molecule has 0 atom stereocenters. The van der Waals surface area contributed by atoms with Gasteiger partial charge in [0.05, 0.1) is 9.79 Å². The Kier molecular flexibility index (Phi) is 26.1. The molecule has 0 saturated heterocycles. The van der Waals surface area contributed by atoms with Crippen molar-refractivity contribution in [3.05, 3.63) is 59.7 Å². The standard InChI is InChI=1S/2C18H30O3S.Co/c2*1-2-3-4-5-6-7-8-9-10-11-14-17-15-12-13-16-18(17)22(19,20)21;/h2*12-13,15-16H,2-11,14H2,1H3,(H,19,20,21);/q;;+2/p-2. The summed E-state index contributed by atoms with van der Waals surface area (Å²) >= 11 is 0. The van der Waals surface area contributed by atoms with Crippen molar-refractivity contribution in [2.24, 2.45) is 0 Å². The van der Waals surface area contributed by atoms with Gasteiger partial charge in [-0.25, -0.2) is 16.8 Å². The molecule has 0 amide bonds. The van der Waals surface area contributed by atoms with Crippen molar-refractivity contribution in [3.8, 4) is 0 Å². The molecule has 2 rings (SSSR count). The van der Waals surface area contributed by atoms with E-state index in [1.165, 1.54) is 115 Å². The maximum atomic E-state index is 11.2. The van der Waals surface area contributed by atoms with Crippen molar-refractivity contribution in [2.75, 3.05) is 0 Å². The smallest absolute Gasteiger partial charge is 0.744 e. The van der Waals surface area contributed by atoms with Gasteiger partial charge in [0.1, 0.15) is 20.2 Å². The zero-order valence-electron chi connectivity index (χ0n) is 27.8. The van der Waals surface area contributed by atoms with Crippen molar-refractivity contribution >= 4 is 20.2 Å². The van der Waals surface area contributed by atoms with Gasteiger partial charge in [0.25, 0.3) is 0 Å². The van der Waals surface area contributed by atoms with Crippen LogP contribution < -0.4 is 0 Å². The van der Waals surface area contributed by atoms with E-state index in [4.69, 9.17) is 0 Å². The van der Waals surface area contributed by atoms with E-state index in [1.807, 2.05) is 0 Å². The van der Waals surface area contributed by atoms with E-state index in [0.29, 0.717) is 24.0 Å². The number of aryl methyl sites for hydroxylation is 2. The molecule has 0 spiro atoms. The van der Waals surface area contributed by atoms with E-state index in [9.17, 15) is 25.9 Å². The number of rotatable bonds is 24. The van der Waals surface area contributed by atoms with Gasteiger partial charge in [-0.1, -0.05) is 166 Å². The van der Waals surface area contributed by atoms with Crippen LogP contribution in [0.1, 0.15) is 153 Å². The maximum absolute atomic E-state index is 11.2. The van der Waals surface area contributed by atoms with Gasteiger partial charge in [0, 0.05) is 0 Å². The first-order chi connectivity index (χ1) is 21.1. The monoisotopic (exact) mass is 709 g/mol. The van der Waals surface area contributed by atoms with Crippen molar-refractivity contribution < 1.29 is 42.7 Å². The second kappa shape index (κ2) is 26.8. The van der Waals surface area contributed by atoms with Crippen LogP contribution in [0, 0.1) is 0 Å². The van der Waals surface area contributed by atoms with Crippen molar-refractivity contribution in [3.63, 3.8) is 0 Å². The van der Waals surface area contributed by atoms with Crippen molar-refractivity contribution in [1.82, 2.24) is 0 Å². The molecule has 9 heteroatoms. The second-order valence-electron chi connectivity index (χ2n) is 12.0. The summed E-state index contributed by atoms with van der Waals surface area (Å²) in [5, 5.41) is 0. The summed E-state index contributed by atoms with van der Waals surface area (Å²) in [7, 11) is -8.69. The largest absolute Gasteiger partial charge is 2.00 e. The third kappa shape index (κ3) is 22.1. The molecule has 0 bridgehead atoms. The first-order valence-electron chi connectivity index (χ1n) is 17.2. The molecule has 0 aromatic heterocycles. The van der Waals surface area contributed by atoms with Gasteiger partial charge in [-0.2, -0.15) is 0 Å². The fraction of sp³-hybridized carbons (Fsp3) is 0.667. The van der Waals surface area contributed by atoms with Crippen LogP contribution in [0.5, 0.6) is 0 Å². The van der Waals surface area contributed by atoms with Crippen LogP contribution in [0.3, 0.4) is 0 Å². The third-order valence-electron chi connectivity index (χ3n) is 8.08. The quantitative estimate of drug-likeness (QED) is 0.0792. The normalized spacial score (nSPS) is 11.5. The molecule has 2 aromatic rings. The van der Waals surface area contributed by atoms with Crippen LogP contribution in [-0.4, -0.2) is 25.9 Å². The van der Waals surface area contributed by atoms with Crippen LogP contribution in [0.15, 0.2) is 58.3 Å². The van der Waals surface area contributed by atoms with E-state index >= 15 is 0 Å². The molecule has 0 fully saturated rings. The number of unbranched alkanes of at least 4 members (excludes halogenated alkanes) is 18. The summed E-state index contributed by atoms with van der Waals surface area (Å²) in [5.74, 6) is 0. The molecule has 2 aromatic carbocycles. The molecule has 45 heavy (non-hydrogen) atoms. The molecule has 0 unspecified atom stereocenters. The first-order valence-corrected chi connectivity index (χ1v) is 20.0. The average Bonchev–Trinajstić information content (AvgIpc) is 2.99. The van der Waals surface area contributed by atoms with Crippen LogP contribution in [-0.2, 0) is 49.9 Å². The van der Waals surface area contributed by atoms with Crippen molar-refractivity contribution in [2.45, 2.75) is 165 Å². The maximum Gasteiger partial charge on any atom is 2.00 e. The van der Waals surface area contributed by atoms with Crippen LogP contribution in [0.4, 0.5) is 0 Å². The zero-order valence-corrected chi connectivity index (χ0v) is 30.4. The Balaban J connectivity index is 0.000000842. The van der Waals surface area contributed by atoms with E-state index in [2.05, 4.69) is 13.8 Å². The Morgan fingerprint density at radius 1 is 0.422 bits per heavy atom. The van der Waals surface area contributed by atoms with Gasteiger partial charge in [-0.15, -0.1) is 0 Å². The molecule has 0 N–H and O–H groups in total. The van der Waals surface area contributed by atoms with Gasteiger partial charge in [-0.05, 0) is 48.9 Å². The van der Waals surface area contributed by atoms with Crippen LogP contribution in [0.2, 0.25) is 0 Å². The summed E-state index contributed by atoms with van der Waals surface area (Å²) in [4.78, 5) is -0.100. The Hall–Kier alpha value is -1.23. The van der Waals surface area contributed by atoms with Gasteiger partial charge >= 0.3 is 16.8 Å². The molecular weight excluding hydrogens is 651 g/mol. The SMILES string of the molecule is CCCCCCCCCCCCc1ccccc1S(=O)(=O)[O-].CCCCCCCCCCCCc1ccccc1S(=O)(=O)[O-].[Co+2]. The summed E-state index contributed by atoms with van der Waals surface area (Å²) < 4.78 is 67.1. The Morgan fingerprint density at radius 3 is 0.933 bits per heavy atom. The van der Waals surface area contributed by atoms with Gasteiger partial charge in [-0.3, -0.25) is 0 Å². The van der Waals surface area contributed by atoms with E-state index in [-0.39, 0.29) is 26.6 Å². The molecule has 259 valence electrons. The van der Waals surface area contributed by atoms with Gasteiger partial charge in [0.15, 0.2) is 0 Å². The molecule has 1 radical (unpaired) electrons. The van der Waals surface area contributed by atoms with E-state index < -0.39 is 20.2 Å². The Labute approximate surface area is 286 Å². The van der Waals surface area contributed by atoms with Gasteiger partial charge in [0.2, 0.25) is 0 Å². The number of hydrogen-bond acceptors (Lipinski definition) is 6. The molecule has 0 aliphatic heterocycles. The molecule has 0 heterocycles. The average molecular weight is 710 g/mol. The Morgan fingerprint density at radius 2 is 0.667 bits per heavy atom. The van der Waals surface area contributed by atoms with Gasteiger partial charge < -0.3 is 9.11 Å². The summed E-state index contributed by atoms with van der Waals surface area (Å²) in [5.41, 5.74) is 1.33. The predicted molar refractivity (Wildman–Crippen MR) is 180 cm³/mol.